The first-order valence-electron chi connectivity index (χ1n) is 8.91. The molecule has 0 aromatic heterocycles. The van der Waals surface area contributed by atoms with Gasteiger partial charge in [0.05, 0.1) is 17.9 Å². The molecule has 3 rings (SSSR count). The molecular weight excluding hydrogens is 342 g/mol. The molecule has 0 unspecified atom stereocenters. The smallest absolute Gasteiger partial charge is 0.301 e. The highest BCUT2D eigenvalue weighted by Crippen LogP contribution is 2.33. The van der Waals surface area contributed by atoms with E-state index >= 15 is 0 Å². The van der Waals surface area contributed by atoms with E-state index in [0.717, 1.165) is 16.0 Å². The van der Waals surface area contributed by atoms with Crippen molar-refractivity contribution in [2.24, 2.45) is 5.92 Å². The van der Waals surface area contributed by atoms with E-state index < -0.39 is 17.6 Å². The zero-order valence-electron chi connectivity index (χ0n) is 15.9. The van der Waals surface area contributed by atoms with E-state index in [9.17, 15) is 14.7 Å². The summed E-state index contributed by atoms with van der Waals surface area (Å²) in [6.45, 7) is 8.49. The lowest BCUT2D eigenvalue weighted by molar-refractivity contribution is -0.121. The SMILES string of the molecule is Cc1cc(C)cc(N2C(=O)C(O)=C(c3ccc(OCC(C)C)cc3)C2=O)c1. The average Bonchev–Trinajstić information content (AvgIpc) is 2.82. The lowest BCUT2D eigenvalue weighted by atomic mass is 10.1. The third-order valence-electron chi connectivity index (χ3n) is 4.25. The summed E-state index contributed by atoms with van der Waals surface area (Å²) in [5.41, 5.74) is 2.82. The summed E-state index contributed by atoms with van der Waals surface area (Å²) in [5, 5.41) is 10.3. The zero-order chi connectivity index (χ0) is 19.7. The Kier molecular flexibility index (Phi) is 5.04. The summed E-state index contributed by atoms with van der Waals surface area (Å²) in [6, 6.07) is 12.3. The highest BCUT2D eigenvalue weighted by Gasteiger charge is 2.40. The highest BCUT2D eigenvalue weighted by atomic mass is 16.5. The number of amides is 2. The van der Waals surface area contributed by atoms with Gasteiger partial charge in [0.2, 0.25) is 0 Å². The van der Waals surface area contributed by atoms with E-state index in [0.29, 0.717) is 29.5 Å². The van der Waals surface area contributed by atoms with Crippen molar-refractivity contribution in [3.8, 4) is 5.75 Å². The van der Waals surface area contributed by atoms with Crippen molar-refractivity contribution in [2.45, 2.75) is 27.7 Å². The minimum Gasteiger partial charge on any atom is -0.502 e. The summed E-state index contributed by atoms with van der Waals surface area (Å²) >= 11 is 0. The molecular formula is C22H23NO4. The number of aliphatic hydroxyl groups is 1. The number of aliphatic hydroxyl groups excluding tert-OH is 1. The molecule has 0 spiro atoms. The van der Waals surface area contributed by atoms with Crippen LogP contribution in [0.15, 0.2) is 48.2 Å². The Hall–Kier alpha value is -3.08. The number of carbonyl (C=O) groups is 2. The van der Waals surface area contributed by atoms with Gasteiger partial charge in [-0.1, -0.05) is 32.0 Å². The molecule has 27 heavy (non-hydrogen) atoms. The quantitative estimate of drug-likeness (QED) is 0.807. The second-order valence-electron chi connectivity index (χ2n) is 7.24. The Bertz CT molecular complexity index is 906. The standard InChI is InChI=1S/C22H23NO4/c1-13(2)12-27-18-7-5-16(6-8-18)19-20(24)22(26)23(21(19)25)17-10-14(3)9-15(4)11-17/h5-11,13,24H,12H2,1-4H3. The minimum atomic E-state index is -0.708. The number of hydrogen-bond donors (Lipinski definition) is 1. The fourth-order valence-electron chi connectivity index (χ4n) is 3.07. The van der Waals surface area contributed by atoms with Crippen LogP contribution < -0.4 is 9.64 Å². The number of imide groups is 1. The number of anilines is 1. The van der Waals surface area contributed by atoms with Gasteiger partial charge < -0.3 is 9.84 Å². The van der Waals surface area contributed by atoms with E-state index in [4.69, 9.17) is 4.74 Å². The normalized spacial score (nSPS) is 14.5. The van der Waals surface area contributed by atoms with E-state index in [1.807, 2.05) is 19.9 Å². The number of aryl methyl sites for hydroxylation is 2. The maximum absolute atomic E-state index is 12.9. The molecule has 0 saturated carbocycles. The molecule has 1 aliphatic rings. The molecule has 1 N–H and O–H groups in total. The predicted molar refractivity (Wildman–Crippen MR) is 105 cm³/mol. The van der Waals surface area contributed by atoms with Gasteiger partial charge >= 0.3 is 5.91 Å². The summed E-state index contributed by atoms with van der Waals surface area (Å²) < 4.78 is 5.64. The van der Waals surface area contributed by atoms with E-state index in [1.165, 1.54) is 0 Å². The average molecular weight is 365 g/mol. The van der Waals surface area contributed by atoms with Crippen molar-refractivity contribution in [3.63, 3.8) is 0 Å². The van der Waals surface area contributed by atoms with Crippen molar-refractivity contribution in [2.75, 3.05) is 11.5 Å². The van der Waals surface area contributed by atoms with Gasteiger partial charge in [0, 0.05) is 0 Å². The largest absolute Gasteiger partial charge is 0.502 e. The van der Waals surface area contributed by atoms with Crippen LogP contribution in [-0.4, -0.2) is 23.5 Å². The number of benzene rings is 2. The van der Waals surface area contributed by atoms with Crippen LogP contribution in [0, 0.1) is 19.8 Å². The number of carbonyl (C=O) groups excluding carboxylic acids is 2. The minimum absolute atomic E-state index is 0.00886. The lowest BCUT2D eigenvalue weighted by Crippen LogP contribution is -2.31. The Balaban J connectivity index is 1.90. The van der Waals surface area contributed by atoms with Gasteiger partial charge in [-0.05, 0) is 60.7 Å². The Morgan fingerprint density at radius 3 is 2.11 bits per heavy atom. The van der Waals surface area contributed by atoms with Crippen LogP contribution in [0.3, 0.4) is 0 Å². The third kappa shape index (κ3) is 3.72. The van der Waals surface area contributed by atoms with Gasteiger partial charge in [-0.3, -0.25) is 9.59 Å². The van der Waals surface area contributed by atoms with Crippen molar-refractivity contribution in [3.05, 3.63) is 64.9 Å². The van der Waals surface area contributed by atoms with Crippen LogP contribution >= 0.6 is 0 Å². The van der Waals surface area contributed by atoms with Crippen molar-refractivity contribution >= 4 is 23.1 Å². The molecule has 2 aromatic carbocycles. The predicted octanol–water partition coefficient (Wildman–Crippen LogP) is 4.18. The van der Waals surface area contributed by atoms with E-state index in [-0.39, 0.29) is 5.57 Å². The lowest BCUT2D eigenvalue weighted by Gasteiger charge is -2.16. The Morgan fingerprint density at radius 1 is 0.963 bits per heavy atom. The Morgan fingerprint density at radius 2 is 1.56 bits per heavy atom. The van der Waals surface area contributed by atoms with Crippen LogP contribution in [0.1, 0.15) is 30.5 Å². The van der Waals surface area contributed by atoms with Crippen LogP contribution in [0.25, 0.3) is 5.57 Å². The van der Waals surface area contributed by atoms with Crippen molar-refractivity contribution in [1.82, 2.24) is 0 Å². The van der Waals surface area contributed by atoms with Crippen LogP contribution in [-0.2, 0) is 9.59 Å². The van der Waals surface area contributed by atoms with E-state index in [2.05, 4.69) is 13.8 Å². The topological polar surface area (TPSA) is 66.8 Å². The molecule has 1 aliphatic heterocycles. The number of hydrogen-bond acceptors (Lipinski definition) is 4. The number of nitrogens with zero attached hydrogens (tertiary/aromatic N) is 1. The first-order valence-corrected chi connectivity index (χ1v) is 8.91. The third-order valence-corrected chi connectivity index (χ3v) is 4.25. The van der Waals surface area contributed by atoms with E-state index in [1.54, 1.807) is 36.4 Å². The molecule has 0 fully saturated rings. The molecule has 0 radical (unpaired) electrons. The van der Waals surface area contributed by atoms with Crippen LogP contribution in [0.2, 0.25) is 0 Å². The number of rotatable bonds is 5. The summed E-state index contributed by atoms with van der Waals surface area (Å²) in [5.74, 6) is -0.694. The first kappa shape index (κ1) is 18.7. The van der Waals surface area contributed by atoms with Gasteiger partial charge in [-0.15, -0.1) is 0 Å². The van der Waals surface area contributed by atoms with Gasteiger partial charge in [-0.2, -0.15) is 0 Å². The molecule has 0 saturated heterocycles. The summed E-state index contributed by atoms with van der Waals surface area (Å²) in [7, 11) is 0. The van der Waals surface area contributed by atoms with Gasteiger partial charge in [0.25, 0.3) is 5.91 Å². The fraction of sp³-hybridized carbons (Fsp3) is 0.273. The second-order valence-corrected chi connectivity index (χ2v) is 7.24. The van der Waals surface area contributed by atoms with Crippen molar-refractivity contribution in [1.29, 1.82) is 0 Å². The molecule has 5 heteroatoms. The second kappa shape index (κ2) is 7.27. The maximum atomic E-state index is 12.9. The molecule has 140 valence electrons. The fourth-order valence-corrected chi connectivity index (χ4v) is 3.07. The summed E-state index contributed by atoms with van der Waals surface area (Å²) in [6.07, 6.45) is 0. The van der Waals surface area contributed by atoms with Crippen LogP contribution in [0.5, 0.6) is 5.75 Å². The monoisotopic (exact) mass is 365 g/mol. The molecule has 1 heterocycles. The first-order chi connectivity index (χ1) is 12.8. The highest BCUT2D eigenvalue weighted by molar-refractivity contribution is 6.44. The van der Waals surface area contributed by atoms with Crippen LogP contribution in [0.4, 0.5) is 5.69 Å². The number of ether oxygens (including phenoxy) is 1. The molecule has 0 atom stereocenters. The van der Waals surface area contributed by atoms with Gasteiger partial charge in [0.15, 0.2) is 5.76 Å². The van der Waals surface area contributed by atoms with Crippen molar-refractivity contribution < 1.29 is 19.4 Å². The molecule has 5 nitrogen and oxygen atoms in total. The maximum Gasteiger partial charge on any atom is 0.301 e. The zero-order valence-corrected chi connectivity index (χ0v) is 15.9. The van der Waals surface area contributed by atoms with Gasteiger partial charge in [0.1, 0.15) is 5.75 Å². The molecule has 0 aliphatic carbocycles. The summed E-state index contributed by atoms with van der Waals surface area (Å²) in [4.78, 5) is 26.5. The van der Waals surface area contributed by atoms with Gasteiger partial charge in [-0.25, -0.2) is 4.90 Å². The Labute approximate surface area is 158 Å². The molecule has 2 amide bonds. The molecule has 0 bridgehead atoms. The molecule has 2 aromatic rings.